The number of hydrogen-bond donors (Lipinski definition) is 2. The molecule has 0 bridgehead atoms. The third-order valence-electron chi connectivity index (χ3n) is 4.75. The van der Waals surface area contributed by atoms with Crippen LogP contribution in [0.25, 0.3) is 0 Å². The van der Waals surface area contributed by atoms with Crippen LogP contribution in [0.15, 0.2) is 76.1 Å². The fourth-order valence-electron chi connectivity index (χ4n) is 3.08. The highest BCUT2D eigenvalue weighted by Crippen LogP contribution is 2.36. The van der Waals surface area contributed by atoms with Gasteiger partial charge in [-0.05, 0) is 36.2 Å². The van der Waals surface area contributed by atoms with Crippen LogP contribution < -0.4 is 19.5 Å². The predicted octanol–water partition coefficient (Wildman–Crippen LogP) is 4.65. The number of methoxy groups -OCH3 is 2. The van der Waals surface area contributed by atoms with Crippen LogP contribution in [0.5, 0.6) is 11.5 Å². The summed E-state index contributed by atoms with van der Waals surface area (Å²) in [5, 5.41) is 3.04. The van der Waals surface area contributed by atoms with Crippen LogP contribution >= 0.6 is 27.5 Å². The van der Waals surface area contributed by atoms with E-state index in [1.165, 1.54) is 38.5 Å². The zero-order valence-electron chi connectivity index (χ0n) is 17.8. The molecule has 7 nitrogen and oxygen atoms in total. The molecule has 0 aliphatic carbocycles. The molecule has 1 amide bonds. The standard InChI is InChI=1S/C23H22BrClN2O5S/c1-31-21-14-19(22(32-2)13-18(21)25)26-23(28)20(12-15-6-4-3-5-7-15)27-33(29,30)17-10-8-16(24)9-11-17/h3-11,13-14,20,27H,12H2,1-2H3,(H,26,28)/t20-/m0/s1. The Morgan fingerprint density at radius 2 is 1.64 bits per heavy atom. The molecule has 0 spiro atoms. The van der Waals surface area contributed by atoms with E-state index in [2.05, 4.69) is 26.0 Å². The van der Waals surface area contributed by atoms with Gasteiger partial charge in [0.1, 0.15) is 17.5 Å². The fourth-order valence-corrected chi connectivity index (χ4v) is 4.78. The Morgan fingerprint density at radius 3 is 2.24 bits per heavy atom. The van der Waals surface area contributed by atoms with Crippen molar-refractivity contribution in [2.75, 3.05) is 19.5 Å². The lowest BCUT2D eigenvalue weighted by Crippen LogP contribution is -2.45. The first kappa shape index (κ1) is 25.0. The maximum absolute atomic E-state index is 13.3. The predicted molar refractivity (Wildman–Crippen MR) is 132 cm³/mol. The summed E-state index contributed by atoms with van der Waals surface area (Å²) in [6.07, 6.45) is 0.134. The average molecular weight is 554 g/mol. The lowest BCUT2D eigenvalue weighted by atomic mass is 10.1. The van der Waals surface area contributed by atoms with Crippen molar-refractivity contribution in [3.63, 3.8) is 0 Å². The van der Waals surface area contributed by atoms with E-state index in [1.54, 1.807) is 12.1 Å². The highest BCUT2D eigenvalue weighted by Gasteiger charge is 2.27. The molecule has 33 heavy (non-hydrogen) atoms. The van der Waals surface area contributed by atoms with Crippen molar-refractivity contribution in [2.24, 2.45) is 0 Å². The maximum atomic E-state index is 13.3. The topological polar surface area (TPSA) is 93.7 Å². The Kier molecular flexibility index (Phi) is 8.36. The first-order valence-corrected chi connectivity index (χ1v) is 12.4. The Balaban J connectivity index is 1.92. The van der Waals surface area contributed by atoms with Crippen molar-refractivity contribution in [1.29, 1.82) is 0 Å². The summed E-state index contributed by atoms with van der Waals surface area (Å²) in [6.45, 7) is 0. The highest BCUT2D eigenvalue weighted by atomic mass is 79.9. The summed E-state index contributed by atoms with van der Waals surface area (Å²) in [4.78, 5) is 13.3. The molecule has 0 heterocycles. The summed E-state index contributed by atoms with van der Waals surface area (Å²) >= 11 is 9.43. The number of anilines is 1. The van der Waals surface area contributed by atoms with Gasteiger partial charge in [-0.2, -0.15) is 4.72 Å². The molecule has 0 radical (unpaired) electrons. The molecular weight excluding hydrogens is 532 g/mol. The second kappa shape index (κ2) is 11.0. The van der Waals surface area contributed by atoms with Crippen LogP contribution in [0.1, 0.15) is 5.56 Å². The van der Waals surface area contributed by atoms with Gasteiger partial charge in [0.2, 0.25) is 15.9 Å². The number of carbonyl (C=O) groups is 1. The van der Waals surface area contributed by atoms with E-state index < -0.39 is 22.0 Å². The van der Waals surface area contributed by atoms with Gasteiger partial charge in [0.05, 0.1) is 29.8 Å². The van der Waals surface area contributed by atoms with E-state index >= 15 is 0 Å². The Labute approximate surface area is 206 Å². The monoisotopic (exact) mass is 552 g/mol. The fraction of sp³-hybridized carbons (Fsp3) is 0.174. The van der Waals surface area contributed by atoms with Gasteiger partial charge in [-0.3, -0.25) is 4.79 Å². The molecule has 174 valence electrons. The van der Waals surface area contributed by atoms with E-state index in [-0.39, 0.29) is 11.3 Å². The van der Waals surface area contributed by atoms with Crippen LogP contribution in [0.4, 0.5) is 5.69 Å². The van der Waals surface area contributed by atoms with Gasteiger partial charge in [-0.15, -0.1) is 0 Å². The summed E-state index contributed by atoms with van der Waals surface area (Å²) < 4.78 is 39.8. The van der Waals surface area contributed by atoms with Gasteiger partial charge in [0, 0.05) is 16.6 Å². The lowest BCUT2D eigenvalue weighted by Gasteiger charge is -2.20. The molecule has 0 aromatic heterocycles. The maximum Gasteiger partial charge on any atom is 0.243 e. The second-order valence-electron chi connectivity index (χ2n) is 6.99. The summed E-state index contributed by atoms with van der Waals surface area (Å²) in [5.41, 5.74) is 1.08. The van der Waals surface area contributed by atoms with Crippen LogP contribution in [-0.4, -0.2) is 34.6 Å². The number of halogens is 2. The minimum absolute atomic E-state index is 0.0438. The minimum Gasteiger partial charge on any atom is -0.495 e. The highest BCUT2D eigenvalue weighted by molar-refractivity contribution is 9.10. The van der Waals surface area contributed by atoms with E-state index in [0.29, 0.717) is 22.2 Å². The number of benzene rings is 3. The Bertz CT molecular complexity index is 1220. The summed E-state index contributed by atoms with van der Waals surface area (Å²) in [7, 11) is -1.09. The van der Waals surface area contributed by atoms with Crippen molar-refractivity contribution in [3.05, 3.63) is 81.8 Å². The Morgan fingerprint density at radius 1 is 1.00 bits per heavy atom. The Hall–Kier alpha value is -2.59. The first-order chi connectivity index (χ1) is 15.7. The van der Waals surface area contributed by atoms with Crippen molar-refractivity contribution in [3.8, 4) is 11.5 Å². The quantitative estimate of drug-likeness (QED) is 0.402. The molecule has 3 aromatic carbocycles. The van der Waals surface area contributed by atoms with Gasteiger partial charge in [0.15, 0.2) is 0 Å². The third-order valence-corrected chi connectivity index (χ3v) is 7.06. The lowest BCUT2D eigenvalue weighted by molar-refractivity contribution is -0.117. The van der Waals surface area contributed by atoms with E-state index in [4.69, 9.17) is 21.1 Å². The van der Waals surface area contributed by atoms with Crippen LogP contribution in [0.2, 0.25) is 5.02 Å². The zero-order chi connectivity index (χ0) is 24.0. The molecule has 1 atom stereocenters. The SMILES string of the molecule is COc1cc(NC(=O)[C@H](Cc2ccccc2)NS(=O)(=O)c2ccc(Br)cc2)c(OC)cc1Cl. The van der Waals surface area contributed by atoms with Crippen LogP contribution in [0.3, 0.4) is 0 Å². The molecule has 0 aliphatic heterocycles. The van der Waals surface area contributed by atoms with Gasteiger partial charge < -0.3 is 14.8 Å². The largest absolute Gasteiger partial charge is 0.495 e. The minimum atomic E-state index is -3.98. The van der Waals surface area contributed by atoms with Gasteiger partial charge in [-0.1, -0.05) is 57.9 Å². The molecule has 0 unspecified atom stereocenters. The number of hydrogen-bond acceptors (Lipinski definition) is 5. The van der Waals surface area contributed by atoms with Crippen molar-refractivity contribution >= 4 is 49.1 Å². The number of amides is 1. The van der Waals surface area contributed by atoms with Crippen LogP contribution in [-0.2, 0) is 21.2 Å². The van der Waals surface area contributed by atoms with Gasteiger partial charge >= 0.3 is 0 Å². The number of rotatable bonds is 9. The molecule has 3 rings (SSSR count). The van der Waals surface area contributed by atoms with Crippen molar-refractivity contribution in [1.82, 2.24) is 4.72 Å². The average Bonchev–Trinajstić information content (AvgIpc) is 2.80. The molecule has 0 saturated carbocycles. The van der Waals surface area contributed by atoms with E-state index in [9.17, 15) is 13.2 Å². The number of sulfonamides is 1. The number of carbonyl (C=O) groups excluding carboxylic acids is 1. The molecule has 0 fully saturated rings. The first-order valence-electron chi connectivity index (χ1n) is 9.77. The number of nitrogens with one attached hydrogen (secondary N) is 2. The summed E-state index contributed by atoms with van der Waals surface area (Å²) in [6, 6.07) is 17.2. The molecule has 10 heteroatoms. The van der Waals surface area contributed by atoms with Crippen molar-refractivity contribution in [2.45, 2.75) is 17.4 Å². The van der Waals surface area contributed by atoms with Crippen molar-refractivity contribution < 1.29 is 22.7 Å². The second-order valence-corrected chi connectivity index (χ2v) is 10.0. The van der Waals surface area contributed by atoms with Crippen LogP contribution in [0, 0.1) is 0 Å². The molecule has 2 N–H and O–H groups in total. The molecule has 0 aliphatic rings. The zero-order valence-corrected chi connectivity index (χ0v) is 21.0. The van der Waals surface area contributed by atoms with Gasteiger partial charge in [0.25, 0.3) is 0 Å². The normalized spacial score (nSPS) is 12.1. The van der Waals surface area contributed by atoms with E-state index in [0.717, 1.165) is 10.0 Å². The number of ether oxygens (including phenoxy) is 2. The van der Waals surface area contributed by atoms with E-state index in [1.807, 2.05) is 30.3 Å². The van der Waals surface area contributed by atoms with Gasteiger partial charge in [-0.25, -0.2) is 8.42 Å². The molecule has 0 saturated heterocycles. The third kappa shape index (κ3) is 6.48. The summed E-state index contributed by atoms with van der Waals surface area (Å²) in [5.74, 6) is 0.0772. The molecule has 3 aromatic rings. The smallest absolute Gasteiger partial charge is 0.243 e. The molecular formula is C23H22BrClN2O5S.